The average Bonchev–Trinajstić information content (AvgIpc) is 3.17. The van der Waals surface area contributed by atoms with E-state index >= 15 is 0 Å². The summed E-state index contributed by atoms with van der Waals surface area (Å²) < 4.78 is 1.76. The summed E-state index contributed by atoms with van der Waals surface area (Å²) in [5.74, 6) is 0. The smallest absolute Gasteiger partial charge is 0.268 e. The Balaban J connectivity index is 1.73. The second kappa shape index (κ2) is 7.21. The molecular weight excluding hydrogens is 340 g/mol. The summed E-state index contributed by atoms with van der Waals surface area (Å²) in [6.07, 6.45) is 5.32. The van der Waals surface area contributed by atoms with E-state index in [1.165, 1.54) is 6.07 Å². The third kappa shape index (κ3) is 3.59. The van der Waals surface area contributed by atoms with Gasteiger partial charge in [0.2, 0.25) is 0 Å². The highest BCUT2D eigenvalue weighted by Gasteiger charge is 2.18. The van der Waals surface area contributed by atoms with E-state index in [0.29, 0.717) is 17.8 Å². The molecule has 0 unspecified atom stereocenters. The van der Waals surface area contributed by atoms with Crippen LogP contribution in [0.25, 0.3) is 22.4 Å². The van der Waals surface area contributed by atoms with Crippen LogP contribution in [0.2, 0.25) is 0 Å². The maximum Gasteiger partial charge on any atom is 0.278 e. The fourth-order valence-corrected chi connectivity index (χ4v) is 2.98. The second-order valence-electron chi connectivity index (χ2n) is 6.11. The van der Waals surface area contributed by atoms with Crippen LogP contribution in [0.5, 0.6) is 0 Å². The highest BCUT2D eigenvalue weighted by molar-refractivity contribution is 5.78. The van der Waals surface area contributed by atoms with Crippen LogP contribution in [0.4, 0.5) is 5.69 Å². The molecule has 0 radical (unpaired) electrons. The van der Waals surface area contributed by atoms with Crippen molar-refractivity contribution in [3.8, 4) is 22.4 Å². The van der Waals surface area contributed by atoms with Crippen molar-refractivity contribution >= 4 is 5.69 Å². The highest BCUT2D eigenvalue weighted by Crippen LogP contribution is 2.33. The van der Waals surface area contributed by atoms with E-state index in [0.717, 1.165) is 16.7 Å². The Labute approximate surface area is 155 Å². The number of nitrogens with zero attached hydrogens (tertiary/aromatic N) is 4. The van der Waals surface area contributed by atoms with E-state index in [4.69, 9.17) is 0 Å². The van der Waals surface area contributed by atoms with Gasteiger partial charge in [-0.3, -0.25) is 19.8 Å². The van der Waals surface area contributed by atoms with E-state index in [2.05, 4.69) is 10.1 Å². The van der Waals surface area contributed by atoms with E-state index in [1.54, 1.807) is 29.2 Å². The Kier molecular flexibility index (Phi) is 4.45. The number of aromatic nitrogens is 3. The summed E-state index contributed by atoms with van der Waals surface area (Å²) in [5.41, 5.74) is 4.05. The van der Waals surface area contributed by atoms with Crippen LogP contribution >= 0.6 is 0 Å². The number of nitro groups is 1. The quantitative estimate of drug-likeness (QED) is 0.388. The van der Waals surface area contributed by atoms with E-state index < -0.39 is 0 Å². The van der Waals surface area contributed by atoms with Gasteiger partial charge in [0.25, 0.3) is 5.69 Å². The zero-order chi connectivity index (χ0) is 18.6. The van der Waals surface area contributed by atoms with Gasteiger partial charge in [0.05, 0.1) is 22.7 Å². The lowest BCUT2D eigenvalue weighted by molar-refractivity contribution is -0.384. The lowest BCUT2D eigenvalue weighted by atomic mass is 10.0. The highest BCUT2D eigenvalue weighted by atomic mass is 16.6. The van der Waals surface area contributed by atoms with Crippen molar-refractivity contribution in [1.82, 2.24) is 14.8 Å². The molecule has 4 rings (SSSR count). The first-order valence-electron chi connectivity index (χ1n) is 8.47. The Bertz CT molecular complexity index is 1080. The van der Waals surface area contributed by atoms with Gasteiger partial charge in [-0.25, -0.2) is 0 Å². The van der Waals surface area contributed by atoms with Gasteiger partial charge in [0, 0.05) is 24.7 Å². The summed E-state index contributed by atoms with van der Waals surface area (Å²) in [4.78, 5) is 15.2. The molecule has 0 saturated heterocycles. The molecular formula is C21H16N4O2. The van der Waals surface area contributed by atoms with Crippen LogP contribution in [0.1, 0.15) is 5.56 Å². The monoisotopic (exact) mass is 356 g/mol. The third-order valence-electron chi connectivity index (χ3n) is 4.28. The minimum Gasteiger partial charge on any atom is -0.268 e. The molecule has 4 aromatic rings. The Morgan fingerprint density at radius 2 is 1.81 bits per heavy atom. The van der Waals surface area contributed by atoms with E-state index in [9.17, 15) is 10.1 Å². The van der Waals surface area contributed by atoms with Gasteiger partial charge in [0.15, 0.2) is 0 Å². The SMILES string of the molecule is O=[N+]([O-])c1ccc(-c2ccccc2)cc1-c1ccn(Cc2cccnc2)n1. The van der Waals surface area contributed by atoms with Gasteiger partial charge in [-0.2, -0.15) is 5.10 Å². The van der Waals surface area contributed by atoms with Gasteiger partial charge < -0.3 is 0 Å². The fourth-order valence-electron chi connectivity index (χ4n) is 2.98. The molecule has 132 valence electrons. The lowest BCUT2D eigenvalue weighted by Gasteiger charge is -2.06. The Morgan fingerprint density at radius 3 is 2.56 bits per heavy atom. The number of hydrogen-bond donors (Lipinski definition) is 0. The van der Waals surface area contributed by atoms with Crippen LogP contribution in [0.15, 0.2) is 85.3 Å². The van der Waals surface area contributed by atoms with Crippen molar-refractivity contribution in [3.63, 3.8) is 0 Å². The first-order valence-corrected chi connectivity index (χ1v) is 8.47. The maximum atomic E-state index is 11.5. The van der Waals surface area contributed by atoms with Crippen LogP contribution in [0.3, 0.4) is 0 Å². The number of nitro benzene ring substituents is 1. The first-order chi connectivity index (χ1) is 13.2. The summed E-state index contributed by atoms with van der Waals surface area (Å²) >= 11 is 0. The third-order valence-corrected chi connectivity index (χ3v) is 4.28. The number of pyridine rings is 1. The van der Waals surface area contributed by atoms with Crippen LogP contribution in [0, 0.1) is 10.1 Å². The molecule has 0 bridgehead atoms. The number of rotatable bonds is 5. The van der Waals surface area contributed by atoms with Crippen LogP contribution in [-0.2, 0) is 6.54 Å². The van der Waals surface area contributed by atoms with Crippen molar-refractivity contribution in [2.45, 2.75) is 6.54 Å². The standard InChI is InChI=1S/C21H16N4O2/c26-25(27)21-9-8-18(17-6-2-1-3-7-17)13-19(21)20-10-12-24(23-20)15-16-5-4-11-22-14-16/h1-14H,15H2. The first kappa shape index (κ1) is 16.7. The van der Waals surface area contributed by atoms with E-state index in [-0.39, 0.29) is 10.6 Å². The Hall–Kier alpha value is -3.80. The summed E-state index contributed by atoms with van der Waals surface area (Å²) in [6.45, 7) is 0.556. The molecule has 2 aromatic heterocycles. The zero-order valence-electron chi connectivity index (χ0n) is 14.4. The van der Waals surface area contributed by atoms with Gasteiger partial charge >= 0.3 is 0 Å². The zero-order valence-corrected chi connectivity index (χ0v) is 14.4. The molecule has 27 heavy (non-hydrogen) atoms. The predicted molar refractivity (Wildman–Crippen MR) is 103 cm³/mol. The minimum atomic E-state index is -0.371. The topological polar surface area (TPSA) is 73.8 Å². The molecule has 6 heteroatoms. The van der Waals surface area contributed by atoms with Gasteiger partial charge in [-0.15, -0.1) is 0 Å². The van der Waals surface area contributed by atoms with Crippen LogP contribution < -0.4 is 0 Å². The molecule has 2 heterocycles. The molecule has 0 atom stereocenters. The second-order valence-corrected chi connectivity index (χ2v) is 6.11. The largest absolute Gasteiger partial charge is 0.278 e. The molecule has 0 aliphatic carbocycles. The molecule has 0 saturated carbocycles. The molecule has 0 aliphatic rings. The maximum absolute atomic E-state index is 11.5. The predicted octanol–water partition coefficient (Wildman–Crippen LogP) is 4.57. The minimum absolute atomic E-state index is 0.0429. The molecule has 0 spiro atoms. The summed E-state index contributed by atoms with van der Waals surface area (Å²) in [7, 11) is 0. The molecule has 0 amide bonds. The number of benzene rings is 2. The van der Waals surface area contributed by atoms with Crippen molar-refractivity contribution < 1.29 is 4.92 Å². The Morgan fingerprint density at radius 1 is 0.963 bits per heavy atom. The fraction of sp³-hybridized carbons (Fsp3) is 0.0476. The average molecular weight is 356 g/mol. The van der Waals surface area contributed by atoms with Gasteiger partial charge in [0.1, 0.15) is 0 Å². The lowest BCUT2D eigenvalue weighted by Crippen LogP contribution is -2.01. The van der Waals surface area contributed by atoms with E-state index in [1.807, 2.05) is 54.7 Å². The number of hydrogen-bond acceptors (Lipinski definition) is 4. The molecule has 2 aromatic carbocycles. The molecule has 6 nitrogen and oxygen atoms in total. The van der Waals surface area contributed by atoms with Crippen molar-refractivity contribution in [3.05, 3.63) is 101 Å². The van der Waals surface area contributed by atoms with Crippen molar-refractivity contribution in [2.75, 3.05) is 0 Å². The van der Waals surface area contributed by atoms with Crippen molar-refractivity contribution in [2.24, 2.45) is 0 Å². The normalized spacial score (nSPS) is 10.7. The summed E-state index contributed by atoms with van der Waals surface area (Å²) in [5, 5.41) is 16.0. The van der Waals surface area contributed by atoms with Crippen LogP contribution in [-0.4, -0.2) is 19.7 Å². The van der Waals surface area contributed by atoms with Crippen molar-refractivity contribution in [1.29, 1.82) is 0 Å². The van der Waals surface area contributed by atoms with Gasteiger partial charge in [-0.05, 0) is 41.0 Å². The summed E-state index contributed by atoms with van der Waals surface area (Å²) in [6, 6.07) is 20.5. The molecule has 0 N–H and O–H groups in total. The van der Waals surface area contributed by atoms with Gasteiger partial charge in [-0.1, -0.05) is 36.4 Å². The molecule has 0 fully saturated rings. The molecule has 0 aliphatic heterocycles.